The van der Waals surface area contributed by atoms with Crippen molar-refractivity contribution in [2.45, 2.75) is 18.6 Å². The van der Waals surface area contributed by atoms with E-state index in [4.69, 9.17) is 0 Å². The molecule has 1 aromatic carbocycles. The van der Waals surface area contributed by atoms with E-state index in [0.29, 0.717) is 5.56 Å². The van der Waals surface area contributed by atoms with Crippen molar-refractivity contribution in [2.75, 3.05) is 32.9 Å². The lowest BCUT2D eigenvalue weighted by atomic mass is 9.99. The summed E-state index contributed by atoms with van der Waals surface area (Å²) in [5.74, 6) is 0. The lowest BCUT2D eigenvalue weighted by Crippen LogP contribution is -2.45. The maximum Gasteiger partial charge on any atom is 0.416 e. The number of rotatable bonds is 4. The highest BCUT2D eigenvalue weighted by Gasteiger charge is 2.31. The van der Waals surface area contributed by atoms with Crippen LogP contribution in [-0.4, -0.2) is 37.8 Å². The fourth-order valence-corrected chi connectivity index (χ4v) is 2.58. The predicted octanol–water partition coefficient (Wildman–Crippen LogP) is 3.43. The highest BCUT2D eigenvalue weighted by atomic mass is 35.5. The molecule has 1 heterocycles. The number of hydrogen-bond donors (Lipinski definition) is 1. The van der Waals surface area contributed by atoms with E-state index >= 15 is 0 Å². The number of hydrogen-bond acceptors (Lipinski definition) is 2. The molecule has 0 radical (unpaired) electrons. The Labute approximate surface area is 127 Å². The summed E-state index contributed by atoms with van der Waals surface area (Å²) in [6.07, 6.45) is -4.14. The zero-order valence-corrected chi connectivity index (χ0v) is 12.3. The molecule has 0 unspecified atom stereocenters. The lowest BCUT2D eigenvalue weighted by Gasteiger charge is -2.35. The molecule has 0 bridgehead atoms. The average molecular weight is 327 g/mol. The topological polar surface area (TPSA) is 15.3 Å². The maximum absolute atomic E-state index is 12.8. The van der Waals surface area contributed by atoms with E-state index in [1.165, 1.54) is 6.07 Å². The summed E-state index contributed by atoms with van der Waals surface area (Å²) in [5.41, 5.74) is -0.131. The summed E-state index contributed by atoms with van der Waals surface area (Å²) in [4.78, 5) is 2.05. The molecular formula is C14H19ClF4N2. The van der Waals surface area contributed by atoms with Crippen LogP contribution >= 0.6 is 12.4 Å². The van der Waals surface area contributed by atoms with Gasteiger partial charge in [0.2, 0.25) is 0 Å². The minimum absolute atomic E-state index is 0. The molecule has 1 aliphatic rings. The Morgan fingerprint density at radius 1 is 1.19 bits per heavy atom. The summed E-state index contributed by atoms with van der Waals surface area (Å²) in [6, 6.07) is 4.95. The quantitative estimate of drug-likeness (QED) is 0.853. The number of piperazine rings is 1. The van der Waals surface area contributed by atoms with Gasteiger partial charge in [0, 0.05) is 32.2 Å². The summed E-state index contributed by atoms with van der Waals surface area (Å²) < 4.78 is 51.0. The van der Waals surface area contributed by atoms with Gasteiger partial charge in [0.25, 0.3) is 0 Å². The number of alkyl halides is 4. The van der Waals surface area contributed by atoms with Crippen molar-refractivity contribution in [3.8, 4) is 0 Å². The number of nitrogens with one attached hydrogen (secondary N) is 1. The first-order chi connectivity index (χ1) is 9.52. The summed E-state index contributed by atoms with van der Waals surface area (Å²) in [5, 5.41) is 3.18. The van der Waals surface area contributed by atoms with Crippen LogP contribution in [0.5, 0.6) is 0 Å². The Hall–Kier alpha value is -0.850. The second kappa shape index (κ2) is 7.96. The molecule has 1 saturated heterocycles. The van der Waals surface area contributed by atoms with Gasteiger partial charge in [0.1, 0.15) is 0 Å². The third-order valence-electron chi connectivity index (χ3n) is 3.57. The van der Waals surface area contributed by atoms with Crippen LogP contribution in [-0.2, 0) is 6.18 Å². The van der Waals surface area contributed by atoms with Gasteiger partial charge in [-0.05, 0) is 24.1 Å². The van der Waals surface area contributed by atoms with Gasteiger partial charge in [-0.25, -0.2) is 0 Å². The van der Waals surface area contributed by atoms with E-state index in [0.717, 1.165) is 38.3 Å². The molecule has 2 nitrogen and oxygen atoms in total. The molecule has 1 aromatic rings. The van der Waals surface area contributed by atoms with Gasteiger partial charge in [-0.2, -0.15) is 13.2 Å². The summed E-state index contributed by atoms with van der Waals surface area (Å²) in [6.45, 7) is 2.47. The third-order valence-corrected chi connectivity index (χ3v) is 3.57. The van der Waals surface area contributed by atoms with Crippen LogP contribution in [0.15, 0.2) is 24.3 Å². The average Bonchev–Trinajstić information content (AvgIpc) is 2.45. The summed E-state index contributed by atoms with van der Waals surface area (Å²) >= 11 is 0. The van der Waals surface area contributed by atoms with Crippen molar-refractivity contribution in [1.82, 2.24) is 10.2 Å². The Balaban J connectivity index is 0.00000220. The highest BCUT2D eigenvalue weighted by molar-refractivity contribution is 5.85. The molecule has 1 fully saturated rings. The predicted molar refractivity (Wildman–Crippen MR) is 76.5 cm³/mol. The van der Waals surface area contributed by atoms with E-state index in [1.54, 1.807) is 6.07 Å². The Morgan fingerprint density at radius 3 is 2.43 bits per heavy atom. The van der Waals surface area contributed by atoms with Crippen molar-refractivity contribution in [3.05, 3.63) is 35.4 Å². The molecule has 0 aliphatic carbocycles. The van der Waals surface area contributed by atoms with Crippen LogP contribution in [0.1, 0.15) is 23.6 Å². The van der Waals surface area contributed by atoms with Crippen molar-refractivity contribution >= 4 is 12.4 Å². The van der Waals surface area contributed by atoms with E-state index in [9.17, 15) is 17.6 Å². The minimum Gasteiger partial charge on any atom is -0.314 e. The number of halogens is 5. The SMILES string of the molecule is Cl.FCC[C@H](c1cccc(C(F)(F)F)c1)N1CCNCC1. The molecule has 0 saturated carbocycles. The first-order valence-electron chi connectivity index (χ1n) is 6.70. The van der Waals surface area contributed by atoms with Crippen LogP contribution in [0.3, 0.4) is 0 Å². The highest BCUT2D eigenvalue weighted by Crippen LogP contribution is 2.33. The largest absolute Gasteiger partial charge is 0.416 e. The molecule has 120 valence electrons. The Morgan fingerprint density at radius 2 is 1.86 bits per heavy atom. The first kappa shape index (κ1) is 18.2. The molecular weight excluding hydrogens is 308 g/mol. The zero-order chi connectivity index (χ0) is 14.6. The summed E-state index contributed by atoms with van der Waals surface area (Å²) in [7, 11) is 0. The molecule has 7 heteroatoms. The fourth-order valence-electron chi connectivity index (χ4n) is 2.58. The van der Waals surface area contributed by atoms with Gasteiger partial charge >= 0.3 is 6.18 Å². The van der Waals surface area contributed by atoms with Crippen LogP contribution in [0, 0.1) is 0 Å². The molecule has 21 heavy (non-hydrogen) atoms. The van der Waals surface area contributed by atoms with Gasteiger partial charge in [0.15, 0.2) is 0 Å². The van der Waals surface area contributed by atoms with Gasteiger partial charge in [0.05, 0.1) is 12.2 Å². The fraction of sp³-hybridized carbons (Fsp3) is 0.571. The van der Waals surface area contributed by atoms with E-state index in [-0.39, 0.29) is 24.9 Å². The van der Waals surface area contributed by atoms with Crippen LogP contribution in [0.2, 0.25) is 0 Å². The molecule has 1 atom stereocenters. The molecule has 0 spiro atoms. The Bertz CT molecular complexity index is 433. The van der Waals surface area contributed by atoms with E-state index < -0.39 is 18.4 Å². The van der Waals surface area contributed by atoms with Gasteiger partial charge in [-0.1, -0.05) is 12.1 Å². The molecule has 0 aromatic heterocycles. The molecule has 1 aliphatic heterocycles. The number of nitrogens with zero attached hydrogens (tertiary/aromatic N) is 1. The van der Waals surface area contributed by atoms with E-state index in [1.807, 2.05) is 4.90 Å². The van der Waals surface area contributed by atoms with Gasteiger partial charge in [-0.3, -0.25) is 9.29 Å². The number of benzene rings is 1. The van der Waals surface area contributed by atoms with Gasteiger partial charge < -0.3 is 5.32 Å². The van der Waals surface area contributed by atoms with Crippen LogP contribution in [0.4, 0.5) is 17.6 Å². The Kier molecular flexibility index (Phi) is 6.90. The monoisotopic (exact) mass is 326 g/mol. The van der Waals surface area contributed by atoms with E-state index in [2.05, 4.69) is 5.32 Å². The van der Waals surface area contributed by atoms with Crippen molar-refractivity contribution in [3.63, 3.8) is 0 Å². The van der Waals surface area contributed by atoms with Crippen LogP contribution < -0.4 is 5.32 Å². The second-order valence-corrected chi connectivity index (χ2v) is 4.90. The van der Waals surface area contributed by atoms with Crippen molar-refractivity contribution < 1.29 is 17.6 Å². The first-order valence-corrected chi connectivity index (χ1v) is 6.70. The van der Waals surface area contributed by atoms with Gasteiger partial charge in [-0.15, -0.1) is 12.4 Å². The zero-order valence-electron chi connectivity index (χ0n) is 11.5. The standard InChI is InChI=1S/C14H18F4N2.ClH/c15-5-4-13(20-8-6-19-7-9-20)11-2-1-3-12(10-11)14(16,17)18;/h1-3,10,13,19H,4-9H2;1H/t13-;/m1./s1. The lowest BCUT2D eigenvalue weighted by molar-refractivity contribution is -0.137. The maximum atomic E-state index is 12.8. The van der Waals surface area contributed by atoms with Crippen molar-refractivity contribution in [1.29, 1.82) is 0 Å². The second-order valence-electron chi connectivity index (χ2n) is 4.90. The molecule has 0 amide bonds. The normalized spacial score (nSPS) is 18.1. The smallest absolute Gasteiger partial charge is 0.314 e. The third kappa shape index (κ3) is 4.83. The minimum atomic E-state index is -4.36. The van der Waals surface area contributed by atoms with Crippen LogP contribution in [0.25, 0.3) is 0 Å². The molecule has 2 rings (SSSR count). The van der Waals surface area contributed by atoms with Crippen molar-refractivity contribution in [2.24, 2.45) is 0 Å². The molecule has 1 N–H and O–H groups in total.